The number of carboxylic acid groups (broad SMARTS) is 1. The molecule has 3 N–H and O–H groups in total. The maximum atomic E-state index is 11.2. The van der Waals surface area contributed by atoms with Crippen LogP contribution in [0.5, 0.6) is 0 Å². The maximum Gasteiger partial charge on any atom is 0.321 e. The summed E-state index contributed by atoms with van der Waals surface area (Å²) in [5.41, 5.74) is 0. The van der Waals surface area contributed by atoms with Crippen molar-refractivity contribution in [3.63, 3.8) is 0 Å². The summed E-state index contributed by atoms with van der Waals surface area (Å²) in [5.74, 6) is -1.60. The molecule has 0 aliphatic carbocycles. The summed E-state index contributed by atoms with van der Waals surface area (Å²) in [6.07, 6.45) is 1.47. The van der Waals surface area contributed by atoms with E-state index in [1.807, 2.05) is 5.32 Å². The molecule has 0 heterocycles. The number of imide groups is 1. The third kappa shape index (κ3) is 7.51. The predicted molar refractivity (Wildman–Crippen MR) is 56.9 cm³/mol. The van der Waals surface area contributed by atoms with Crippen LogP contribution in [0.4, 0.5) is 4.79 Å². The van der Waals surface area contributed by atoms with Gasteiger partial charge in [0.15, 0.2) is 0 Å². The Kier molecular flexibility index (Phi) is 6.53. The largest absolute Gasteiger partial charge is 0.480 e. The predicted octanol–water partition coefficient (Wildman–Crippen LogP) is -0.985. The molecule has 0 aromatic carbocycles. The van der Waals surface area contributed by atoms with Gasteiger partial charge in [-0.25, -0.2) is 4.79 Å². The van der Waals surface area contributed by atoms with Gasteiger partial charge in [0, 0.05) is 6.54 Å². The van der Waals surface area contributed by atoms with E-state index in [1.165, 1.54) is 18.0 Å². The molecular weight excluding hydrogens is 214 g/mol. The van der Waals surface area contributed by atoms with Gasteiger partial charge < -0.3 is 10.4 Å². The number of nitrogens with one attached hydrogen (secondary N) is 2. The third-order valence-electron chi connectivity index (χ3n) is 1.48. The highest BCUT2D eigenvalue weighted by molar-refractivity contribution is 5.95. The molecule has 0 rings (SSSR count). The summed E-state index contributed by atoms with van der Waals surface area (Å²) < 4.78 is 0. The quantitative estimate of drug-likeness (QED) is 0.508. The first-order chi connectivity index (χ1) is 7.45. The van der Waals surface area contributed by atoms with Crippen molar-refractivity contribution in [3.8, 4) is 0 Å². The van der Waals surface area contributed by atoms with Crippen LogP contribution in [-0.4, -0.2) is 54.6 Å². The van der Waals surface area contributed by atoms with Gasteiger partial charge in [-0.15, -0.1) is 6.58 Å². The zero-order valence-corrected chi connectivity index (χ0v) is 9.02. The number of nitrogens with zero attached hydrogens (tertiary/aromatic N) is 1. The molecular formula is C9H15N3O4. The summed E-state index contributed by atoms with van der Waals surface area (Å²) in [5, 5.41) is 12.8. The summed E-state index contributed by atoms with van der Waals surface area (Å²) >= 11 is 0. The number of rotatable bonds is 6. The highest BCUT2D eigenvalue weighted by atomic mass is 16.4. The minimum Gasteiger partial charge on any atom is -0.480 e. The first kappa shape index (κ1) is 14.1. The van der Waals surface area contributed by atoms with Crippen LogP contribution >= 0.6 is 0 Å². The third-order valence-corrected chi connectivity index (χ3v) is 1.48. The zero-order valence-electron chi connectivity index (χ0n) is 9.02. The monoisotopic (exact) mass is 229 g/mol. The molecule has 0 fully saturated rings. The van der Waals surface area contributed by atoms with Crippen LogP contribution in [0.3, 0.4) is 0 Å². The molecule has 0 saturated heterocycles. The van der Waals surface area contributed by atoms with Crippen molar-refractivity contribution in [2.75, 3.05) is 26.7 Å². The van der Waals surface area contributed by atoms with Crippen LogP contribution in [-0.2, 0) is 9.59 Å². The second-order valence-electron chi connectivity index (χ2n) is 3.11. The topological polar surface area (TPSA) is 98.7 Å². The fourth-order valence-corrected chi connectivity index (χ4v) is 0.907. The molecule has 0 aliphatic rings. The van der Waals surface area contributed by atoms with Crippen molar-refractivity contribution in [3.05, 3.63) is 12.7 Å². The number of hydrogen-bond donors (Lipinski definition) is 3. The molecule has 0 bridgehead atoms. The molecule has 0 aliphatic heterocycles. The maximum absolute atomic E-state index is 11.2. The number of carbonyl (C=O) groups excluding carboxylic acids is 2. The molecule has 0 aromatic heterocycles. The Labute approximate surface area is 93.1 Å². The lowest BCUT2D eigenvalue weighted by atomic mass is 10.5. The lowest BCUT2D eigenvalue weighted by molar-refractivity contribution is -0.138. The first-order valence-corrected chi connectivity index (χ1v) is 4.54. The van der Waals surface area contributed by atoms with Crippen LogP contribution in [0.25, 0.3) is 0 Å². The van der Waals surface area contributed by atoms with Crippen LogP contribution in [0, 0.1) is 0 Å². The molecule has 0 spiro atoms. The summed E-state index contributed by atoms with van der Waals surface area (Å²) in [6, 6.07) is -0.631. The van der Waals surface area contributed by atoms with E-state index in [1.54, 1.807) is 0 Å². The SMILES string of the molecule is C=CCNC(=O)NC(=O)CN(C)CC(=O)O. The molecule has 16 heavy (non-hydrogen) atoms. The van der Waals surface area contributed by atoms with E-state index in [0.717, 1.165) is 0 Å². The van der Waals surface area contributed by atoms with E-state index < -0.39 is 17.9 Å². The van der Waals surface area contributed by atoms with Gasteiger partial charge in [-0.3, -0.25) is 19.8 Å². The van der Waals surface area contributed by atoms with Crippen molar-refractivity contribution in [1.82, 2.24) is 15.5 Å². The van der Waals surface area contributed by atoms with Crippen LogP contribution in [0.1, 0.15) is 0 Å². The van der Waals surface area contributed by atoms with Gasteiger partial charge in [0.1, 0.15) is 0 Å². The van der Waals surface area contributed by atoms with Gasteiger partial charge in [-0.2, -0.15) is 0 Å². The Morgan fingerprint density at radius 1 is 1.38 bits per heavy atom. The molecule has 0 radical (unpaired) electrons. The molecule has 7 nitrogen and oxygen atoms in total. The normalized spacial score (nSPS) is 9.62. The number of hydrogen-bond acceptors (Lipinski definition) is 4. The molecule has 0 atom stereocenters. The van der Waals surface area contributed by atoms with Crippen molar-refractivity contribution in [1.29, 1.82) is 0 Å². The van der Waals surface area contributed by atoms with Gasteiger partial charge in [0.05, 0.1) is 13.1 Å². The second kappa shape index (κ2) is 7.41. The average molecular weight is 229 g/mol. The van der Waals surface area contributed by atoms with E-state index in [9.17, 15) is 14.4 Å². The average Bonchev–Trinajstić information content (AvgIpc) is 2.12. The van der Waals surface area contributed by atoms with Crippen molar-refractivity contribution >= 4 is 17.9 Å². The number of amides is 3. The molecule has 0 unspecified atom stereocenters. The van der Waals surface area contributed by atoms with Crippen molar-refractivity contribution < 1.29 is 19.5 Å². The first-order valence-electron chi connectivity index (χ1n) is 4.54. The van der Waals surface area contributed by atoms with E-state index in [4.69, 9.17) is 5.11 Å². The van der Waals surface area contributed by atoms with Gasteiger partial charge in [0.2, 0.25) is 5.91 Å². The van der Waals surface area contributed by atoms with Crippen molar-refractivity contribution in [2.24, 2.45) is 0 Å². The standard InChI is InChI=1S/C9H15N3O4/c1-3-4-10-9(16)11-7(13)5-12(2)6-8(14)15/h3H,1,4-6H2,2H3,(H,14,15)(H2,10,11,13,16). The number of likely N-dealkylation sites (N-methyl/N-ethyl adjacent to an activating group) is 1. The van der Waals surface area contributed by atoms with E-state index >= 15 is 0 Å². The Bertz CT molecular complexity index is 290. The van der Waals surface area contributed by atoms with E-state index in [-0.39, 0.29) is 19.6 Å². The van der Waals surface area contributed by atoms with Crippen LogP contribution in [0.15, 0.2) is 12.7 Å². The van der Waals surface area contributed by atoms with Gasteiger partial charge in [-0.05, 0) is 7.05 Å². The number of carboxylic acids is 1. The molecule has 7 heteroatoms. The highest BCUT2D eigenvalue weighted by Gasteiger charge is 2.11. The summed E-state index contributed by atoms with van der Waals surface area (Å²) in [4.78, 5) is 33.7. The lowest BCUT2D eigenvalue weighted by Gasteiger charge is -2.12. The Morgan fingerprint density at radius 2 is 2.00 bits per heavy atom. The van der Waals surface area contributed by atoms with Crippen LogP contribution in [0.2, 0.25) is 0 Å². The molecule has 0 aromatic rings. The number of aliphatic carboxylic acids is 1. The van der Waals surface area contributed by atoms with Crippen LogP contribution < -0.4 is 10.6 Å². The smallest absolute Gasteiger partial charge is 0.321 e. The number of carbonyl (C=O) groups is 3. The van der Waals surface area contributed by atoms with Gasteiger partial charge in [-0.1, -0.05) is 6.08 Å². The zero-order chi connectivity index (χ0) is 12.6. The van der Waals surface area contributed by atoms with Gasteiger partial charge >= 0.3 is 12.0 Å². The summed E-state index contributed by atoms with van der Waals surface area (Å²) in [7, 11) is 1.47. The fourth-order valence-electron chi connectivity index (χ4n) is 0.907. The molecule has 0 saturated carbocycles. The van der Waals surface area contributed by atoms with Gasteiger partial charge in [0.25, 0.3) is 0 Å². The summed E-state index contributed by atoms with van der Waals surface area (Å²) in [6.45, 7) is 3.22. The minimum atomic E-state index is -1.04. The van der Waals surface area contributed by atoms with Crippen molar-refractivity contribution in [2.45, 2.75) is 0 Å². The Balaban J connectivity index is 3.84. The fraction of sp³-hybridized carbons (Fsp3) is 0.444. The van der Waals surface area contributed by atoms with E-state index in [0.29, 0.717) is 0 Å². The highest BCUT2D eigenvalue weighted by Crippen LogP contribution is 1.82. The molecule has 90 valence electrons. The molecule has 3 amide bonds. The Morgan fingerprint density at radius 3 is 2.50 bits per heavy atom. The Hall–Kier alpha value is -1.89. The number of urea groups is 1. The van der Waals surface area contributed by atoms with E-state index in [2.05, 4.69) is 11.9 Å². The minimum absolute atomic E-state index is 0.159. The lowest BCUT2D eigenvalue weighted by Crippen LogP contribution is -2.44. The second-order valence-corrected chi connectivity index (χ2v) is 3.11.